The molecule has 1 rings (SSSR count). The molecule has 0 amide bonds. The first-order valence-corrected chi connectivity index (χ1v) is 9.25. The van der Waals surface area contributed by atoms with Gasteiger partial charge in [-0.1, -0.05) is 20.8 Å². The van der Waals surface area contributed by atoms with Crippen LogP contribution >= 0.6 is 0 Å². The van der Waals surface area contributed by atoms with Crippen molar-refractivity contribution < 1.29 is 17.9 Å². The molecule has 0 bridgehead atoms. The minimum Gasteiger partial charge on any atom is -0.414 e. The highest BCUT2D eigenvalue weighted by Gasteiger charge is 2.45. The molecule has 2 atom stereocenters. The lowest BCUT2D eigenvalue weighted by Crippen LogP contribution is -2.53. The van der Waals surface area contributed by atoms with Gasteiger partial charge >= 0.3 is 0 Å². The Hall–Kier alpha value is -0.0431. The highest BCUT2D eigenvalue weighted by molar-refractivity contribution is 6.74. The second-order valence-electron chi connectivity index (χ2n) is 6.60. The number of ether oxygens (including phenoxy) is 1. The Balaban J connectivity index is 2.51. The van der Waals surface area contributed by atoms with Crippen LogP contribution in [0.1, 0.15) is 27.2 Å². The molecule has 1 aliphatic heterocycles. The molecule has 1 fully saturated rings. The summed E-state index contributed by atoms with van der Waals surface area (Å²) in [7, 11) is -1.91. The number of rotatable bonds is 3. The van der Waals surface area contributed by atoms with Crippen molar-refractivity contribution in [2.24, 2.45) is 5.73 Å². The van der Waals surface area contributed by atoms with Crippen molar-refractivity contribution in [3.05, 3.63) is 0 Å². The van der Waals surface area contributed by atoms with E-state index in [0.29, 0.717) is 0 Å². The lowest BCUT2D eigenvalue weighted by molar-refractivity contribution is -0.149. The molecular weight excluding hydrogens is 256 g/mol. The van der Waals surface area contributed by atoms with E-state index in [1.54, 1.807) is 0 Å². The fraction of sp³-hybridized carbons (Fsp3) is 1.00. The third-order valence-electron chi connectivity index (χ3n) is 3.99. The smallest absolute Gasteiger partial charge is 0.267 e. The molecule has 0 aromatic carbocycles. The van der Waals surface area contributed by atoms with E-state index >= 15 is 0 Å². The normalized spacial score (nSPS) is 29.3. The summed E-state index contributed by atoms with van der Waals surface area (Å²) < 4.78 is 38.1. The molecule has 0 aliphatic carbocycles. The first-order chi connectivity index (χ1) is 7.96. The average Bonchev–Trinajstić information content (AvgIpc) is 2.18. The van der Waals surface area contributed by atoms with Gasteiger partial charge in [-0.15, -0.1) is 0 Å². The number of hydrogen-bond donors (Lipinski definition) is 1. The number of nitrogens with two attached hydrogens (primary N) is 1. The van der Waals surface area contributed by atoms with Crippen LogP contribution < -0.4 is 5.73 Å². The molecule has 3 nitrogen and oxygen atoms in total. The van der Waals surface area contributed by atoms with Crippen LogP contribution in [0.5, 0.6) is 0 Å². The summed E-state index contributed by atoms with van der Waals surface area (Å²) in [6.07, 6.45) is -0.892. The zero-order valence-electron chi connectivity index (χ0n) is 11.9. The number of hydrogen-bond acceptors (Lipinski definition) is 3. The van der Waals surface area contributed by atoms with E-state index in [-0.39, 0.29) is 24.7 Å². The maximum atomic E-state index is 13.5. The minimum atomic E-state index is -2.85. The monoisotopic (exact) mass is 281 g/mol. The SMILES string of the molecule is CC(C)(C)[Si](C)(C)OC[C@@H]1CC(F)(F)[C@@H](N)CO1. The maximum absolute atomic E-state index is 13.5. The third-order valence-corrected chi connectivity index (χ3v) is 8.49. The van der Waals surface area contributed by atoms with Crippen LogP contribution in [0.25, 0.3) is 0 Å². The fourth-order valence-corrected chi connectivity index (χ4v) is 2.54. The first-order valence-electron chi connectivity index (χ1n) is 6.35. The van der Waals surface area contributed by atoms with E-state index in [0.717, 1.165) is 0 Å². The van der Waals surface area contributed by atoms with E-state index in [1.165, 1.54) is 0 Å². The standard InChI is InChI=1S/C12H25F2NO2Si/c1-11(2,3)18(4,5)17-7-9-6-12(13,14)10(15)8-16-9/h9-10H,6-8,15H2,1-5H3/t9-,10-/m0/s1. The van der Waals surface area contributed by atoms with Gasteiger partial charge in [0.15, 0.2) is 8.32 Å². The van der Waals surface area contributed by atoms with Crippen LogP contribution in [0.3, 0.4) is 0 Å². The third kappa shape index (κ3) is 3.72. The molecule has 0 unspecified atom stereocenters. The maximum Gasteiger partial charge on any atom is 0.267 e. The predicted molar refractivity (Wildman–Crippen MR) is 70.4 cm³/mol. The second-order valence-corrected chi connectivity index (χ2v) is 11.4. The summed E-state index contributed by atoms with van der Waals surface area (Å²) in [4.78, 5) is 0. The molecule has 6 heteroatoms. The van der Waals surface area contributed by atoms with Crippen molar-refractivity contribution in [2.45, 2.75) is 63.4 Å². The minimum absolute atomic E-state index is 0.0700. The summed E-state index contributed by atoms with van der Waals surface area (Å²) in [5.74, 6) is -2.85. The highest BCUT2D eigenvalue weighted by Crippen LogP contribution is 2.37. The quantitative estimate of drug-likeness (QED) is 0.809. The van der Waals surface area contributed by atoms with Gasteiger partial charge in [-0.2, -0.15) is 0 Å². The van der Waals surface area contributed by atoms with Crippen molar-refractivity contribution in [3.63, 3.8) is 0 Å². The van der Waals surface area contributed by atoms with Crippen molar-refractivity contribution in [3.8, 4) is 0 Å². The van der Waals surface area contributed by atoms with Gasteiger partial charge < -0.3 is 14.9 Å². The van der Waals surface area contributed by atoms with Crippen molar-refractivity contribution >= 4 is 8.32 Å². The molecule has 108 valence electrons. The predicted octanol–water partition coefficient (Wildman–Crippen LogP) is 2.76. The van der Waals surface area contributed by atoms with Crippen LogP contribution in [0.15, 0.2) is 0 Å². The zero-order chi connectivity index (χ0) is 14.2. The van der Waals surface area contributed by atoms with Gasteiger partial charge in [-0.25, -0.2) is 8.78 Å². The van der Waals surface area contributed by atoms with Gasteiger partial charge in [0.05, 0.1) is 25.4 Å². The largest absolute Gasteiger partial charge is 0.414 e. The zero-order valence-corrected chi connectivity index (χ0v) is 12.9. The molecule has 2 N–H and O–H groups in total. The van der Waals surface area contributed by atoms with Gasteiger partial charge in [-0.05, 0) is 18.1 Å². The lowest BCUT2D eigenvalue weighted by atomic mass is 10.0. The summed E-state index contributed by atoms with van der Waals surface area (Å²) in [6, 6.07) is -1.19. The fourth-order valence-electron chi connectivity index (χ4n) is 1.50. The summed E-state index contributed by atoms with van der Waals surface area (Å²) in [5, 5.41) is 0.0700. The Labute approximate surface area is 109 Å². The van der Waals surface area contributed by atoms with E-state index in [1.807, 2.05) is 0 Å². The molecule has 0 aromatic heterocycles. The number of alkyl halides is 2. The first kappa shape index (κ1) is 16.0. The summed E-state index contributed by atoms with van der Waals surface area (Å²) in [5.41, 5.74) is 5.32. The Kier molecular flexibility index (Phi) is 4.58. The molecule has 18 heavy (non-hydrogen) atoms. The molecular formula is C12H25F2NO2Si. The van der Waals surface area contributed by atoms with Crippen molar-refractivity contribution in [1.29, 1.82) is 0 Å². The molecule has 1 aliphatic rings. The van der Waals surface area contributed by atoms with Crippen LogP contribution in [-0.2, 0) is 9.16 Å². The van der Waals surface area contributed by atoms with Crippen LogP contribution in [0.4, 0.5) is 8.78 Å². The molecule has 1 saturated heterocycles. The highest BCUT2D eigenvalue weighted by atomic mass is 28.4. The second kappa shape index (κ2) is 5.15. The van der Waals surface area contributed by atoms with E-state index in [4.69, 9.17) is 14.9 Å². The molecule has 0 radical (unpaired) electrons. The summed E-state index contributed by atoms with van der Waals surface area (Å²) >= 11 is 0. The summed E-state index contributed by atoms with van der Waals surface area (Å²) in [6.45, 7) is 10.7. The van der Waals surface area contributed by atoms with E-state index < -0.39 is 26.4 Å². The van der Waals surface area contributed by atoms with Crippen molar-refractivity contribution in [2.75, 3.05) is 13.2 Å². The molecule has 1 heterocycles. The van der Waals surface area contributed by atoms with Gasteiger partial charge in [-0.3, -0.25) is 0 Å². The topological polar surface area (TPSA) is 44.5 Å². The van der Waals surface area contributed by atoms with Crippen molar-refractivity contribution in [1.82, 2.24) is 0 Å². The molecule has 0 aromatic rings. The lowest BCUT2D eigenvalue weighted by Gasteiger charge is -2.39. The molecule has 0 saturated carbocycles. The Morgan fingerprint density at radius 1 is 1.39 bits per heavy atom. The Bertz CT molecular complexity index is 292. The van der Waals surface area contributed by atoms with Crippen LogP contribution in [0, 0.1) is 0 Å². The van der Waals surface area contributed by atoms with E-state index in [2.05, 4.69) is 33.9 Å². The van der Waals surface area contributed by atoms with E-state index in [9.17, 15) is 8.78 Å². The Morgan fingerprint density at radius 3 is 2.39 bits per heavy atom. The number of halogens is 2. The average molecular weight is 281 g/mol. The van der Waals surface area contributed by atoms with Crippen LogP contribution in [0.2, 0.25) is 18.1 Å². The van der Waals surface area contributed by atoms with Gasteiger partial charge in [0.1, 0.15) is 0 Å². The van der Waals surface area contributed by atoms with Gasteiger partial charge in [0.25, 0.3) is 5.92 Å². The molecule has 0 spiro atoms. The Morgan fingerprint density at radius 2 is 1.94 bits per heavy atom. The van der Waals surface area contributed by atoms with Gasteiger partial charge in [0.2, 0.25) is 0 Å². The van der Waals surface area contributed by atoms with Crippen LogP contribution in [-0.4, -0.2) is 39.6 Å². The van der Waals surface area contributed by atoms with Gasteiger partial charge in [0, 0.05) is 6.42 Å².